The van der Waals surface area contributed by atoms with Crippen LogP contribution in [0.4, 0.5) is 18.9 Å². The van der Waals surface area contributed by atoms with Crippen LogP contribution in [0.3, 0.4) is 0 Å². The highest BCUT2D eigenvalue weighted by atomic mass is 32.2. The van der Waals surface area contributed by atoms with Crippen LogP contribution in [-0.2, 0) is 26.6 Å². The van der Waals surface area contributed by atoms with Gasteiger partial charge < -0.3 is 29.4 Å². The number of aryl methyl sites for hydroxylation is 1. The maximum Gasteiger partial charge on any atom is 0.389 e. The van der Waals surface area contributed by atoms with Gasteiger partial charge in [0.25, 0.3) is 15.9 Å². The van der Waals surface area contributed by atoms with Gasteiger partial charge in [-0.3, -0.25) is 9.59 Å². The number of ether oxygens (including phenoxy) is 2. The van der Waals surface area contributed by atoms with Crippen molar-refractivity contribution in [3.8, 4) is 5.75 Å². The summed E-state index contributed by atoms with van der Waals surface area (Å²) in [6.07, 6.45) is -2.74. The van der Waals surface area contributed by atoms with Gasteiger partial charge in [-0.15, -0.1) is 0 Å². The number of carbonyl (C=O) groups is 2. The number of hydrogen-bond donors (Lipinski definition) is 2. The highest BCUT2D eigenvalue weighted by Crippen LogP contribution is 2.29. The van der Waals surface area contributed by atoms with Gasteiger partial charge >= 0.3 is 6.18 Å². The molecule has 0 saturated heterocycles. The van der Waals surface area contributed by atoms with Crippen LogP contribution in [0, 0.1) is 5.92 Å². The first kappa shape index (κ1) is 37.2. The molecule has 46 heavy (non-hydrogen) atoms. The number of anilines is 1. The minimum Gasteiger partial charge on any atom is -0.490 e. The summed E-state index contributed by atoms with van der Waals surface area (Å²) in [5.41, 5.74) is 0.168. The van der Waals surface area contributed by atoms with E-state index in [0.29, 0.717) is 25.9 Å². The number of alkyl halides is 3. The average Bonchev–Trinajstić information content (AvgIpc) is 3.44. The van der Waals surface area contributed by atoms with Crippen LogP contribution in [0.15, 0.2) is 35.7 Å². The molecule has 1 aromatic heterocycles. The number of nitrogens with zero attached hydrogens (tertiary/aromatic N) is 4. The third-order valence-electron chi connectivity index (χ3n) is 7.76. The molecule has 2 N–H and O–H groups in total. The number of likely N-dealkylation sites (N-methyl/N-ethyl adjacent to an activating group) is 1. The fraction of sp³-hybridized carbons (Fsp3) is 0.633. The molecule has 0 fully saturated rings. The molecule has 2 amide bonds. The fourth-order valence-corrected chi connectivity index (χ4v) is 6.12. The molecule has 258 valence electrons. The Kier molecular flexibility index (Phi) is 13.0. The quantitative estimate of drug-likeness (QED) is 0.409. The summed E-state index contributed by atoms with van der Waals surface area (Å²) in [5.74, 6) is -1.61. The lowest BCUT2D eigenvalue weighted by atomic mass is 10.0. The van der Waals surface area contributed by atoms with Crippen molar-refractivity contribution < 1.29 is 45.8 Å². The molecule has 0 aliphatic carbocycles. The van der Waals surface area contributed by atoms with E-state index in [1.807, 2.05) is 13.8 Å². The van der Waals surface area contributed by atoms with Gasteiger partial charge in [0.1, 0.15) is 5.75 Å². The monoisotopic (exact) mass is 675 g/mol. The SMILES string of the molecule is C[C@H]1CCCCO[C@@H](CN(C)S(=O)(=O)c2cn(C)cn2)[C@@H](C)CN([C@@H](C)CO)C(=O)c2cc(NC(=O)CCC(F)(F)F)ccc2O1. The number of hydrogen-bond acceptors (Lipinski definition) is 8. The first-order chi connectivity index (χ1) is 21.5. The molecule has 4 atom stereocenters. The minimum atomic E-state index is -4.49. The largest absolute Gasteiger partial charge is 0.490 e. The lowest BCUT2D eigenvalue weighted by Gasteiger charge is -2.35. The number of amides is 2. The van der Waals surface area contributed by atoms with E-state index in [9.17, 15) is 36.3 Å². The molecule has 0 radical (unpaired) electrons. The van der Waals surface area contributed by atoms with Crippen molar-refractivity contribution in [1.82, 2.24) is 18.8 Å². The first-order valence-electron chi connectivity index (χ1n) is 15.2. The topological polar surface area (TPSA) is 143 Å². The van der Waals surface area contributed by atoms with E-state index in [1.54, 1.807) is 14.0 Å². The Balaban J connectivity index is 1.94. The molecule has 3 rings (SSSR count). The Morgan fingerprint density at radius 1 is 1.26 bits per heavy atom. The van der Waals surface area contributed by atoms with Gasteiger partial charge in [0.2, 0.25) is 5.91 Å². The van der Waals surface area contributed by atoms with E-state index in [2.05, 4.69) is 10.3 Å². The molecule has 0 spiro atoms. The van der Waals surface area contributed by atoms with Crippen LogP contribution in [0.2, 0.25) is 0 Å². The summed E-state index contributed by atoms with van der Waals surface area (Å²) >= 11 is 0. The van der Waals surface area contributed by atoms with Crippen molar-refractivity contribution in [3.05, 3.63) is 36.3 Å². The van der Waals surface area contributed by atoms with Gasteiger partial charge in [-0.05, 0) is 51.3 Å². The molecule has 0 saturated carbocycles. The molecule has 1 aromatic carbocycles. The van der Waals surface area contributed by atoms with E-state index >= 15 is 0 Å². The Labute approximate surface area is 267 Å². The average molecular weight is 676 g/mol. The van der Waals surface area contributed by atoms with Gasteiger partial charge in [0, 0.05) is 58.0 Å². The number of carbonyl (C=O) groups excluding carboxylic acids is 2. The first-order valence-corrected chi connectivity index (χ1v) is 16.6. The van der Waals surface area contributed by atoms with Gasteiger partial charge in [0.05, 0.1) is 43.2 Å². The molecule has 1 aliphatic heterocycles. The van der Waals surface area contributed by atoms with Crippen LogP contribution >= 0.6 is 0 Å². The van der Waals surface area contributed by atoms with Gasteiger partial charge in [0.15, 0.2) is 5.03 Å². The zero-order valence-corrected chi connectivity index (χ0v) is 27.6. The number of fused-ring (bicyclic) bond motifs is 1. The standard InChI is InChI=1S/C30H44F3N5O7S/c1-20-15-38(21(2)18-39)29(41)24-14-23(35-27(40)11-12-30(31,32)33)9-10-25(24)45-22(3)8-6-7-13-44-26(20)16-37(5)46(42,43)28-17-36(4)19-34-28/h9-10,14,17,19-22,26,39H,6-8,11-13,15-16,18H2,1-5H3,(H,35,40)/t20-,21-,22-,26-/m0/s1. The van der Waals surface area contributed by atoms with Crippen molar-refractivity contribution in [2.45, 2.75) is 82.3 Å². The van der Waals surface area contributed by atoms with E-state index in [-0.39, 0.29) is 41.2 Å². The number of halogens is 3. The number of nitrogens with one attached hydrogen (secondary N) is 1. The molecular formula is C30H44F3N5O7S. The second kappa shape index (κ2) is 16.1. The van der Waals surface area contributed by atoms with Crippen LogP contribution in [0.5, 0.6) is 5.75 Å². The van der Waals surface area contributed by atoms with E-state index in [1.165, 1.54) is 51.5 Å². The maximum absolute atomic E-state index is 14.1. The molecule has 16 heteroatoms. The van der Waals surface area contributed by atoms with Gasteiger partial charge in [-0.1, -0.05) is 6.92 Å². The zero-order chi connectivity index (χ0) is 34.2. The summed E-state index contributed by atoms with van der Waals surface area (Å²) < 4.78 is 79.4. The highest BCUT2D eigenvalue weighted by Gasteiger charge is 2.33. The van der Waals surface area contributed by atoms with Crippen molar-refractivity contribution in [2.75, 3.05) is 38.7 Å². The van der Waals surface area contributed by atoms with Crippen molar-refractivity contribution >= 4 is 27.5 Å². The van der Waals surface area contributed by atoms with Crippen molar-refractivity contribution in [3.63, 3.8) is 0 Å². The van der Waals surface area contributed by atoms with Gasteiger partial charge in [-0.2, -0.15) is 17.5 Å². The summed E-state index contributed by atoms with van der Waals surface area (Å²) in [5, 5.41) is 12.4. The Morgan fingerprint density at radius 3 is 2.61 bits per heavy atom. The Hall–Kier alpha value is -3.21. The molecular weight excluding hydrogens is 631 g/mol. The van der Waals surface area contributed by atoms with Crippen LogP contribution in [-0.4, -0.2) is 102 Å². The van der Waals surface area contributed by atoms with Crippen LogP contribution in [0.1, 0.15) is 63.2 Å². The molecule has 2 heterocycles. The number of sulfonamides is 1. The second-order valence-electron chi connectivity index (χ2n) is 11.8. The number of aromatic nitrogens is 2. The zero-order valence-electron chi connectivity index (χ0n) is 26.8. The van der Waals surface area contributed by atoms with E-state index in [4.69, 9.17) is 9.47 Å². The lowest BCUT2D eigenvalue weighted by Crippen LogP contribution is -2.48. The third kappa shape index (κ3) is 10.4. The predicted molar refractivity (Wildman–Crippen MR) is 164 cm³/mol. The van der Waals surface area contributed by atoms with Crippen LogP contribution in [0.25, 0.3) is 0 Å². The molecule has 2 aromatic rings. The van der Waals surface area contributed by atoms with E-state index < -0.39 is 65.5 Å². The minimum absolute atomic E-state index is 0.0280. The Bertz CT molecular complexity index is 1440. The highest BCUT2D eigenvalue weighted by molar-refractivity contribution is 7.89. The molecule has 0 bridgehead atoms. The third-order valence-corrected chi connectivity index (χ3v) is 9.47. The smallest absolute Gasteiger partial charge is 0.389 e. The summed E-state index contributed by atoms with van der Waals surface area (Å²) in [7, 11) is -0.835. The molecule has 1 aliphatic rings. The summed E-state index contributed by atoms with van der Waals surface area (Å²) in [6, 6.07) is 3.61. The number of aliphatic hydroxyl groups is 1. The molecule has 12 nitrogen and oxygen atoms in total. The number of benzene rings is 1. The number of aliphatic hydroxyl groups excluding tert-OH is 1. The summed E-state index contributed by atoms with van der Waals surface area (Å²) in [6.45, 7) is 5.28. The Morgan fingerprint density at radius 2 is 1.98 bits per heavy atom. The summed E-state index contributed by atoms with van der Waals surface area (Å²) in [4.78, 5) is 31.8. The van der Waals surface area contributed by atoms with E-state index in [0.717, 1.165) is 0 Å². The van der Waals surface area contributed by atoms with Gasteiger partial charge in [-0.25, -0.2) is 13.4 Å². The predicted octanol–water partition coefficient (Wildman–Crippen LogP) is 3.82. The van der Waals surface area contributed by atoms with Crippen molar-refractivity contribution in [1.29, 1.82) is 0 Å². The van der Waals surface area contributed by atoms with Crippen molar-refractivity contribution in [2.24, 2.45) is 13.0 Å². The molecule has 0 unspecified atom stereocenters. The fourth-order valence-electron chi connectivity index (χ4n) is 4.97. The lowest BCUT2D eigenvalue weighted by molar-refractivity contribution is -0.142. The number of rotatable bonds is 9. The van der Waals surface area contributed by atoms with Crippen LogP contribution < -0.4 is 10.1 Å². The normalized spacial score (nSPS) is 21.3. The number of imidazole rings is 1. The second-order valence-corrected chi connectivity index (χ2v) is 13.8. The maximum atomic E-state index is 14.1.